The molecule has 3 atom stereocenters. The Bertz CT molecular complexity index is 145. The van der Waals surface area contributed by atoms with Crippen molar-refractivity contribution in [2.75, 3.05) is 19.8 Å². The lowest BCUT2D eigenvalue weighted by Crippen LogP contribution is -2.44. The minimum absolute atomic E-state index is 0.259. The Labute approximate surface area is 73.3 Å². The summed E-state index contributed by atoms with van der Waals surface area (Å²) in [5.74, 6) is 0. The minimum atomic E-state index is -0.259. The molecule has 0 spiro atoms. The third-order valence-electron chi connectivity index (χ3n) is 3.05. The summed E-state index contributed by atoms with van der Waals surface area (Å²) in [6.45, 7) is 4.60. The predicted octanol–water partition coefficient (Wildman–Crippen LogP) is 0.230. The van der Waals surface area contributed by atoms with Gasteiger partial charge in [0.1, 0.15) is 0 Å². The van der Waals surface area contributed by atoms with E-state index in [9.17, 15) is 5.11 Å². The van der Waals surface area contributed by atoms with Crippen LogP contribution in [0.1, 0.15) is 19.8 Å². The van der Waals surface area contributed by atoms with E-state index in [1.165, 1.54) is 12.8 Å². The zero-order valence-corrected chi connectivity index (χ0v) is 7.57. The third kappa shape index (κ3) is 1.37. The topological polar surface area (TPSA) is 32.7 Å². The lowest BCUT2D eigenvalue weighted by atomic mass is 10.1. The molecule has 2 saturated heterocycles. The molecule has 0 bridgehead atoms. The Morgan fingerprint density at radius 2 is 2.25 bits per heavy atom. The number of aliphatic hydroxyl groups is 1. The van der Waals surface area contributed by atoms with Gasteiger partial charge in [-0.15, -0.1) is 0 Å². The van der Waals surface area contributed by atoms with Gasteiger partial charge in [0, 0.05) is 6.04 Å². The summed E-state index contributed by atoms with van der Waals surface area (Å²) in [5, 5.41) is 9.60. The highest BCUT2D eigenvalue weighted by Crippen LogP contribution is 2.23. The Morgan fingerprint density at radius 3 is 2.75 bits per heavy atom. The fourth-order valence-electron chi connectivity index (χ4n) is 2.30. The van der Waals surface area contributed by atoms with Crippen molar-refractivity contribution < 1.29 is 9.84 Å². The molecule has 0 aliphatic carbocycles. The molecule has 2 fully saturated rings. The number of ether oxygens (including phenoxy) is 1. The van der Waals surface area contributed by atoms with E-state index in [2.05, 4.69) is 11.8 Å². The molecule has 0 aromatic heterocycles. The van der Waals surface area contributed by atoms with Crippen LogP contribution in [0.15, 0.2) is 0 Å². The second-order valence-electron chi connectivity index (χ2n) is 3.90. The van der Waals surface area contributed by atoms with Gasteiger partial charge in [-0.25, -0.2) is 0 Å². The molecule has 2 aliphatic rings. The van der Waals surface area contributed by atoms with Crippen LogP contribution in [0.5, 0.6) is 0 Å². The van der Waals surface area contributed by atoms with Crippen LogP contribution in [0.2, 0.25) is 0 Å². The standard InChI is InChI=1S/C9H17NO2/c1-7-3-2-4-10(7)8-5-12-6-9(8)11/h7-9,11H,2-6H2,1H3/t7?,8?,9-/m1/s1. The van der Waals surface area contributed by atoms with E-state index in [1.807, 2.05) is 0 Å². The van der Waals surface area contributed by atoms with Crippen molar-refractivity contribution in [3.8, 4) is 0 Å². The molecule has 70 valence electrons. The molecule has 0 aromatic carbocycles. The molecule has 0 amide bonds. The van der Waals surface area contributed by atoms with E-state index < -0.39 is 0 Å². The van der Waals surface area contributed by atoms with Crippen LogP contribution < -0.4 is 0 Å². The van der Waals surface area contributed by atoms with Crippen molar-refractivity contribution in [1.82, 2.24) is 4.90 Å². The average molecular weight is 171 g/mol. The maximum absolute atomic E-state index is 9.60. The second-order valence-corrected chi connectivity index (χ2v) is 3.90. The largest absolute Gasteiger partial charge is 0.389 e. The zero-order chi connectivity index (χ0) is 8.55. The number of nitrogens with zero attached hydrogens (tertiary/aromatic N) is 1. The van der Waals surface area contributed by atoms with Crippen molar-refractivity contribution in [2.24, 2.45) is 0 Å². The summed E-state index contributed by atoms with van der Waals surface area (Å²) in [6, 6.07) is 0.897. The van der Waals surface area contributed by atoms with Gasteiger partial charge in [0.05, 0.1) is 25.4 Å². The normalized spacial score (nSPS) is 44.0. The van der Waals surface area contributed by atoms with Crippen molar-refractivity contribution in [1.29, 1.82) is 0 Å². The fraction of sp³-hybridized carbons (Fsp3) is 1.00. The Hall–Kier alpha value is -0.120. The smallest absolute Gasteiger partial charge is 0.0950 e. The summed E-state index contributed by atoms with van der Waals surface area (Å²) >= 11 is 0. The SMILES string of the molecule is CC1CCCN1C1COC[C@H]1O. The number of hydrogen-bond acceptors (Lipinski definition) is 3. The fourth-order valence-corrected chi connectivity index (χ4v) is 2.30. The first kappa shape index (κ1) is 8.48. The molecular weight excluding hydrogens is 154 g/mol. The monoisotopic (exact) mass is 171 g/mol. The number of likely N-dealkylation sites (tertiary alicyclic amines) is 1. The first-order chi connectivity index (χ1) is 5.79. The van der Waals surface area contributed by atoms with Gasteiger partial charge in [-0.2, -0.15) is 0 Å². The van der Waals surface area contributed by atoms with E-state index in [0.29, 0.717) is 19.3 Å². The number of aliphatic hydroxyl groups excluding tert-OH is 1. The van der Waals surface area contributed by atoms with E-state index in [1.54, 1.807) is 0 Å². The number of rotatable bonds is 1. The van der Waals surface area contributed by atoms with Crippen LogP contribution in [0, 0.1) is 0 Å². The maximum Gasteiger partial charge on any atom is 0.0950 e. The van der Waals surface area contributed by atoms with Crippen LogP contribution >= 0.6 is 0 Å². The zero-order valence-electron chi connectivity index (χ0n) is 7.57. The molecule has 2 unspecified atom stereocenters. The molecule has 0 radical (unpaired) electrons. The van der Waals surface area contributed by atoms with E-state index >= 15 is 0 Å². The van der Waals surface area contributed by atoms with Crippen LogP contribution in [-0.4, -0.2) is 48.0 Å². The van der Waals surface area contributed by atoms with Crippen LogP contribution in [0.3, 0.4) is 0 Å². The maximum atomic E-state index is 9.60. The third-order valence-corrected chi connectivity index (χ3v) is 3.05. The van der Waals surface area contributed by atoms with E-state index in [4.69, 9.17) is 4.74 Å². The Balaban J connectivity index is 1.98. The molecule has 3 nitrogen and oxygen atoms in total. The summed E-state index contributed by atoms with van der Waals surface area (Å²) in [7, 11) is 0. The Kier molecular flexibility index (Phi) is 2.35. The minimum Gasteiger partial charge on any atom is -0.389 e. The molecule has 0 aromatic rings. The quantitative estimate of drug-likeness (QED) is 0.613. The first-order valence-electron chi connectivity index (χ1n) is 4.80. The first-order valence-corrected chi connectivity index (χ1v) is 4.80. The molecule has 0 saturated carbocycles. The summed E-state index contributed by atoms with van der Waals surface area (Å²) < 4.78 is 5.24. The van der Waals surface area contributed by atoms with Gasteiger partial charge in [-0.1, -0.05) is 0 Å². The molecule has 1 N–H and O–H groups in total. The van der Waals surface area contributed by atoms with Gasteiger partial charge in [0.15, 0.2) is 0 Å². The van der Waals surface area contributed by atoms with Crippen LogP contribution in [-0.2, 0) is 4.74 Å². The highest BCUT2D eigenvalue weighted by atomic mass is 16.5. The van der Waals surface area contributed by atoms with Gasteiger partial charge in [-0.3, -0.25) is 4.90 Å². The lowest BCUT2D eigenvalue weighted by Gasteiger charge is -2.28. The van der Waals surface area contributed by atoms with Gasteiger partial charge in [-0.05, 0) is 26.3 Å². The van der Waals surface area contributed by atoms with E-state index in [-0.39, 0.29) is 12.1 Å². The molecule has 3 heteroatoms. The van der Waals surface area contributed by atoms with E-state index in [0.717, 1.165) is 6.54 Å². The number of hydrogen-bond donors (Lipinski definition) is 1. The average Bonchev–Trinajstić information content (AvgIpc) is 2.59. The van der Waals surface area contributed by atoms with Gasteiger partial charge in [0.25, 0.3) is 0 Å². The molecule has 2 heterocycles. The van der Waals surface area contributed by atoms with Gasteiger partial charge < -0.3 is 9.84 Å². The van der Waals surface area contributed by atoms with Crippen LogP contribution in [0.25, 0.3) is 0 Å². The highest BCUT2D eigenvalue weighted by Gasteiger charge is 2.35. The van der Waals surface area contributed by atoms with Gasteiger partial charge in [0.2, 0.25) is 0 Å². The molecule has 2 rings (SSSR count). The van der Waals surface area contributed by atoms with Gasteiger partial charge >= 0.3 is 0 Å². The highest BCUT2D eigenvalue weighted by molar-refractivity contribution is 4.89. The predicted molar refractivity (Wildman–Crippen MR) is 46.0 cm³/mol. The van der Waals surface area contributed by atoms with Crippen LogP contribution in [0.4, 0.5) is 0 Å². The van der Waals surface area contributed by atoms with Crippen molar-refractivity contribution in [3.05, 3.63) is 0 Å². The summed E-state index contributed by atoms with van der Waals surface area (Å²) in [5.41, 5.74) is 0. The van der Waals surface area contributed by atoms with Crippen molar-refractivity contribution in [3.63, 3.8) is 0 Å². The molecular formula is C9H17NO2. The molecule has 2 aliphatic heterocycles. The van der Waals surface area contributed by atoms with Crippen molar-refractivity contribution in [2.45, 2.75) is 38.0 Å². The summed E-state index contributed by atoms with van der Waals surface area (Å²) in [6.07, 6.45) is 2.28. The second kappa shape index (κ2) is 3.32. The lowest BCUT2D eigenvalue weighted by molar-refractivity contribution is 0.0785. The Morgan fingerprint density at radius 1 is 1.42 bits per heavy atom. The molecule has 12 heavy (non-hydrogen) atoms. The summed E-state index contributed by atoms with van der Waals surface area (Å²) in [4.78, 5) is 2.39. The van der Waals surface area contributed by atoms with Crippen molar-refractivity contribution >= 4 is 0 Å².